The van der Waals surface area contributed by atoms with Crippen LogP contribution in [0, 0.1) is 10.1 Å². The second-order valence-corrected chi connectivity index (χ2v) is 5.44. The Labute approximate surface area is 117 Å². The van der Waals surface area contributed by atoms with Crippen molar-refractivity contribution >= 4 is 5.69 Å². The summed E-state index contributed by atoms with van der Waals surface area (Å²) in [5, 5.41) is 13.9. The number of nitro groups is 1. The van der Waals surface area contributed by atoms with E-state index in [4.69, 9.17) is 9.47 Å². The number of benzene rings is 1. The molecule has 20 heavy (non-hydrogen) atoms. The zero-order valence-corrected chi connectivity index (χ0v) is 11.2. The van der Waals surface area contributed by atoms with Gasteiger partial charge in [0, 0.05) is 18.6 Å². The fourth-order valence-corrected chi connectivity index (χ4v) is 2.95. The highest BCUT2D eigenvalue weighted by Gasteiger charge is 2.42. The molecule has 0 bridgehead atoms. The third-order valence-corrected chi connectivity index (χ3v) is 4.04. The van der Waals surface area contributed by atoms with Crippen LogP contribution in [0.4, 0.5) is 5.69 Å². The van der Waals surface area contributed by atoms with Crippen LogP contribution in [-0.2, 0) is 4.74 Å². The molecule has 2 heterocycles. The van der Waals surface area contributed by atoms with Gasteiger partial charge in [0.25, 0.3) is 5.69 Å². The number of hydrogen-bond acceptors (Lipinski definition) is 5. The van der Waals surface area contributed by atoms with Crippen molar-refractivity contribution in [3.63, 3.8) is 0 Å². The molecule has 1 unspecified atom stereocenters. The van der Waals surface area contributed by atoms with Gasteiger partial charge in [-0.05, 0) is 38.1 Å². The first-order valence-corrected chi connectivity index (χ1v) is 6.93. The summed E-state index contributed by atoms with van der Waals surface area (Å²) in [4.78, 5) is 10.2. The highest BCUT2D eigenvalue weighted by molar-refractivity contribution is 5.36. The lowest BCUT2D eigenvalue weighted by Crippen LogP contribution is -2.41. The molecule has 2 aliphatic rings. The van der Waals surface area contributed by atoms with Crippen LogP contribution in [0.2, 0.25) is 0 Å². The number of nitrogens with one attached hydrogen (secondary N) is 1. The maximum Gasteiger partial charge on any atom is 0.269 e. The lowest BCUT2D eigenvalue weighted by atomic mass is 9.89. The fourth-order valence-electron chi connectivity index (χ4n) is 2.95. The van der Waals surface area contributed by atoms with Gasteiger partial charge in [0.2, 0.25) is 0 Å². The molecule has 6 nitrogen and oxygen atoms in total. The first-order chi connectivity index (χ1) is 9.67. The Morgan fingerprint density at radius 3 is 2.65 bits per heavy atom. The summed E-state index contributed by atoms with van der Waals surface area (Å²) in [6.07, 6.45) is 2.97. The molecule has 0 radical (unpaired) electrons. The Kier molecular flexibility index (Phi) is 3.58. The van der Waals surface area contributed by atoms with Crippen LogP contribution in [0.1, 0.15) is 19.3 Å². The molecule has 2 fully saturated rings. The molecule has 1 aromatic carbocycles. The molecule has 0 saturated carbocycles. The van der Waals surface area contributed by atoms with Crippen LogP contribution >= 0.6 is 0 Å². The minimum atomic E-state index is -0.410. The van der Waals surface area contributed by atoms with Gasteiger partial charge in [0.15, 0.2) is 0 Å². The van der Waals surface area contributed by atoms with Crippen LogP contribution in [0.5, 0.6) is 5.75 Å². The first-order valence-electron chi connectivity index (χ1n) is 6.93. The van der Waals surface area contributed by atoms with E-state index in [1.54, 1.807) is 12.1 Å². The number of nitro benzene ring substituents is 1. The predicted molar refractivity (Wildman–Crippen MR) is 72.9 cm³/mol. The second kappa shape index (κ2) is 5.38. The summed E-state index contributed by atoms with van der Waals surface area (Å²) >= 11 is 0. The number of non-ortho nitro benzene ring substituents is 1. The Morgan fingerprint density at radius 1 is 1.30 bits per heavy atom. The van der Waals surface area contributed by atoms with E-state index in [0.717, 1.165) is 32.4 Å². The monoisotopic (exact) mass is 278 g/mol. The van der Waals surface area contributed by atoms with E-state index in [1.165, 1.54) is 12.1 Å². The summed E-state index contributed by atoms with van der Waals surface area (Å²) < 4.78 is 11.8. The molecule has 0 aromatic heterocycles. The van der Waals surface area contributed by atoms with Crippen molar-refractivity contribution in [2.24, 2.45) is 0 Å². The molecule has 6 heteroatoms. The van der Waals surface area contributed by atoms with Crippen LogP contribution < -0.4 is 10.1 Å². The van der Waals surface area contributed by atoms with Gasteiger partial charge < -0.3 is 14.8 Å². The number of nitrogens with zero attached hydrogens (tertiary/aromatic N) is 1. The maximum absolute atomic E-state index is 10.6. The normalized spacial score (nSPS) is 24.7. The molecule has 1 aromatic rings. The lowest BCUT2D eigenvalue weighted by Gasteiger charge is -2.32. The molecule has 1 spiro atoms. The van der Waals surface area contributed by atoms with E-state index < -0.39 is 4.92 Å². The van der Waals surface area contributed by atoms with Gasteiger partial charge in [-0.3, -0.25) is 10.1 Å². The average Bonchev–Trinajstić information content (AvgIpc) is 2.83. The molecule has 1 atom stereocenters. The summed E-state index contributed by atoms with van der Waals surface area (Å²) in [6, 6.07) is 6.22. The van der Waals surface area contributed by atoms with E-state index >= 15 is 0 Å². The van der Waals surface area contributed by atoms with E-state index in [1.807, 2.05) is 0 Å². The molecule has 108 valence electrons. The van der Waals surface area contributed by atoms with Crippen molar-refractivity contribution in [3.05, 3.63) is 34.4 Å². The highest BCUT2D eigenvalue weighted by atomic mass is 16.6. The van der Waals surface area contributed by atoms with E-state index in [9.17, 15) is 10.1 Å². The zero-order valence-electron chi connectivity index (χ0n) is 11.2. The van der Waals surface area contributed by atoms with Crippen molar-refractivity contribution in [3.8, 4) is 5.75 Å². The zero-order chi connectivity index (χ0) is 14.0. The van der Waals surface area contributed by atoms with Gasteiger partial charge in [-0.1, -0.05) is 0 Å². The molecular weight excluding hydrogens is 260 g/mol. The smallest absolute Gasteiger partial charge is 0.269 e. The summed E-state index contributed by atoms with van der Waals surface area (Å²) in [7, 11) is 0. The average molecular weight is 278 g/mol. The van der Waals surface area contributed by atoms with Gasteiger partial charge in [0.05, 0.1) is 17.1 Å². The van der Waals surface area contributed by atoms with Gasteiger partial charge in [-0.2, -0.15) is 0 Å². The maximum atomic E-state index is 10.6. The van der Waals surface area contributed by atoms with E-state index in [2.05, 4.69) is 5.32 Å². The van der Waals surface area contributed by atoms with Gasteiger partial charge in [0.1, 0.15) is 11.9 Å². The quantitative estimate of drug-likeness (QED) is 0.675. The van der Waals surface area contributed by atoms with Crippen molar-refractivity contribution in [2.45, 2.75) is 31.0 Å². The van der Waals surface area contributed by atoms with Crippen molar-refractivity contribution < 1.29 is 14.4 Å². The molecule has 0 amide bonds. The SMILES string of the molecule is O=[N+]([O-])c1ccc(OC2COC3(CCNCC3)C2)cc1. The van der Waals surface area contributed by atoms with Gasteiger partial charge in [-0.15, -0.1) is 0 Å². The minimum absolute atomic E-state index is 0.0311. The number of ether oxygens (including phenoxy) is 2. The van der Waals surface area contributed by atoms with Crippen molar-refractivity contribution in [2.75, 3.05) is 19.7 Å². The Morgan fingerprint density at radius 2 is 2.00 bits per heavy atom. The molecular formula is C14H18N2O4. The summed E-state index contributed by atoms with van der Waals surface area (Å²) in [5.74, 6) is 0.662. The number of piperidine rings is 1. The second-order valence-electron chi connectivity index (χ2n) is 5.44. The Hall–Kier alpha value is -1.66. The topological polar surface area (TPSA) is 73.6 Å². The van der Waals surface area contributed by atoms with E-state index in [-0.39, 0.29) is 17.4 Å². The van der Waals surface area contributed by atoms with Gasteiger partial charge in [-0.25, -0.2) is 0 Å². The summed E-state index contributed by atoms with van der Waals surface area (Å²) in [5.41, 5.74) is 0.0475. The van der Waals surface area contributed by atoms with Crippen LogP contribution in [0.15, 0.2) is 24.3 Å². The lowest BCUT2D eigenvalue weighted by molar-refractivity contribution is -0.384. The molecule has 2 aliphatic heterocycles. The molecule has 3 rings (SSSR count). The first kappa shape index (κ1) is 13.3. The predicted octanol–water partition coefficient (Wildman–Crippen LogP) is 1.88. The molecule has 0 aliphatic carbocycles. The van der Waals surface area contributed by atoms with Gasteiger partial charge >= 0.3 is 0 Å². The number of rotatable bonds is 3. The molecule has 2 saturated heterocycles. The Balaban J connectivity index is 1.60. The largest absolute Gasteiger partial charge is 0.488 e. The van der Waals surface area contributed by atoms with Crippen molar-refractivity contribution in [1.82, 2.24) is 5.32 Å². The minimum Gasteiger partial charge on any atom is -0.488 e. The fraction of sp³-hybridized carbons (Fsp3) is 0.571. The number of hydrogen-bond donors (Lipinski definition) is 1. The Bertz CT molecular complexity index is 482. The molecule has 1 N–H and O–H groups in total. The van der Waals surface area contributed by atoms with Crippen molar-refractivity contribution in [1.29, 1.82) is 0 Å². The third kappa shape index (κ3) is 2.76. The summed E-state index contributed by atoms with van der Waals surface area (Å²) in [6.45, 7) is 2.57. The van der Waals surface area contributed by atoms with Crippen LogP contribution in [0.25, 0.3) is 0 Å². The highest BCUT2D eigenvalue weighted by Crippen LogP contribution is 2.35. The van der Waals surface area contributed by atoms with Crippen LogP contribution in [-0.4, -0.2) is 36.3 Å². The standard InChI is InChI=1S/C14H18N2O4/c17-16(18)11-1-3-12(4-2-11)20-13-9-14(19-10-13)5-7-15-8-6-14/h1-4,13,15H,5-10H2. The third-order valence-electron chi connectivity index (χ3n) is 4.04. The van der Waals surface area contributed by atoms with E-state index in [0.29, 0.717) is 12.4 Å². The van der Waals surface area contributed by atoms with Crippen LogP contribution in [0.3, 0.4) is 0 Å².